The molecule has 1 saturated carbocycles. The first-order chi connectivity index (χ1) is 9.24. The van der Waals surface area contributed by atoms with Crippen molar-refractivity contribution in [3.05, 3.63) is 24.0 Å². The number of hydrogen-bond donors (Lipinski definition) is 2. The Bertz CT molecular complexity index is 599. The summed E-state index contributed by atoms with van der Waals surface area (Å²) < 4.78 is 40.9. The van der Waals surface area contributed by atoms with Crippen molar-refractivity contribution in [2.45, 2.75) is 50.5 Å². The second kappa shape index (κ2) is 5.33. The molecule has 1 atom stereocenters. The molecule has 1 aromatic carbocycles. The van der Waals surface area contributed by atoms with Gasteiger partial charge in [0.05, 0.1) is 5.69 Å². The van der Waals surface area contributed by atoms with Gasteiger partial charge in [0.15, 0.2) is 0 Å². The zero-order valence-corrected chi connectivity index (χ0v) is 12.6. The lowest BCUT2D eigenvalue weighted by atomic mass is 9.74. The smallest absolute Gasteiger partial charge is 0.242 e. The molecule has 0 radical (unpaired) electrons. The molecule has 20 heavy (non-hydrogen) atoms. The number of halogens is 1. The number of hydrogen-bond acceptors (Lipinski definition) is 3. The third kappa shape index (κ3) is 2.96. The van der Waals surface area contributed by atoms with E-state index in [9.17, 15) is 12.8 Å². The van der Waals surface area contributed by atoms with E-state index in [2.05, 4.69) is 4.72 Å². The maximum Gasteiger partial charge on any atom is 0.242 e. The van der Waals surface area contributed by atoms with Gasteiger partial charge in [0.25, 0.3) is 0 Å². The molecule has 2 rings (SSSR count). The van der Waals surface area contributed by atoms with E-state index in [0.29, 0.717) is 0 Å². The van der Waals surface area contributed by atoms with Crippen molar-refractivity contribution >= 4 is 15.7 Å². The molecule has 112 valence electrons. The highest BCUT2D eigenvalue weighted by atomic mass is 32.2. The minimum atomic E-state index is -3.80. The first-order valence-corrected chi connectivity index (χ1v) is 8.29. The Labute approximate surface area is 119 Å². The fourth-order valence-electron chi connectivity index (χ4n) is 2.71. The molecule has 3 N–H and O–H groups in total. The van der Waals surface area contributed by atoms with Gasteiger partial charge in [0.1, 0.15) is 10.7 Å². The summed E-state index contributed by atoms with van der Waals surface area (Å²) in [4.78, 5) is -0.182. The molecule has 1 unspecified atom stereocenters. The fourth-order valence-corrected chi connectivity index (χ4v) is 4.30. The third-order valence-corrected chi connectivity index (χ3v) is 5.64. The number of para-hydroxylation sites is 1. The van der Waals surface area contributed by atoms with E-state index in [-0.39, 0.29) is 22.0 Å². The number of anilines is 1. The Balaban J connectivity index is 2.29. The van der Waals surface area contributed by atoms with E-state index in [1.54, 1.807) is 0 Å². The average molecular weight is 300 g/mol. The molecule has 1 aromatic rings. The summed E-state index contributed by atoms with van der Waals surface area (Å²) >= 11 is 0. The molecular formula is C14H21FN2O2S. The highest BCUT2D eigenvalue weighted by Gasteiger charge is 2.35. The molecule has 0 aromatic heterocycles. The minimum Gasteiger partial charge on any atom is -0.395 e. The fraction of sp³-hybridized carbons (Fsp3) is 0.571. The van der Waals surface area contributed by atoms with Gasteiger partial charge in [0, 0.05) is 6.04 Å². The molecule has 0 saturated heterocycles. The van der Waals surface area contributed by atoms with Crippen molar-refractivity contribution in [2.24, 2.45) is 5.41 Å². The molecule has 0 heterocycles. The van der Waals surface area contributed by atoms with Gasteiger partial charge in [-0.25, -0.2) is 17.5 Å². The Morgan fingerprint density at radius 1 is 1.35 bits per heavy atom. The monoisotopic (exact) mass is 300 g/mol. The number of nitrogen functional groups attached to an aromatic ring is 1. The third-order valence-electron chi connectivity index (χ3n) is 4.11. The van der Waals surface area contributed by atoms with Crippen molar-refractivity contribution < 1.29 is 12.8 Å². The van der Waals surface area contributed by atoms with Crippen LogP contribution in [0, 0.1) is 11.2 Å². The van der Waals surface area contributed by atoms with Crippen LogP contribution in [0.15, 0.2) is 23.1 Å². The zero-order valence-electron chi connectivity index (χ0n) is 11.8. The van der Waals surface area contributed by atoms with Crippen LogP contribution >= 0.6 is 0 Å². The molecule has 1 fully saturated rings. The van der Waals surface area contributed by atoms with Crippen LogP contribution in [0.3, 0.4) is 0 Å². The van der Waals surface area contributed by atoms with Gasteiger partial charge in [-0.3, -0.25) is 0 Å². The van der Waals surface area contributed by atoms with E-state index in [4.69, 9.17) is 5.73 Å². The van der Waals surface area contributed by atoms with Crippen molar-refractivity contribution in [2.75, 3.05) is 5.73 Å². The summed E-state index contributed by atoms with van der Waals surface area (Å²) in [5.74, 6) is -0.712. The van der Waals surface area contributed by atoms with Crippen LogP contribution in [0.1, 0.15) is 39.5 Å². The van der Waals surface area contributed by atoms with Crippen LogP contribution in [0.4, 0.5) is 10.1 Å². The lowest BCUT2D eigenvalue weighted by molar-refractivity contribution is 0.188. The van der Waals surface area contributed by atoms with Crippen LogP contribution in [-0.2, 0) is 10.0 Å². The quantitative estimate of drug-likeness (QED) is 0.843. The molecular weight excluding hydrogens is 279 g/mol. The average Bonchev–Trinajstić information content (AvgIpc) is 2.35. The van der Waals surface area contributed by atoms with E-state index >= 15 is 0 Å². The predicted octanol–water partition coefficient (Wildman–Crippen LogP) is 2.66. The number of sulfonamides is 1. The second-order valence-electron chi connectivity index (χ2n) is 6.06. The molecule has 4 nitrogen and oxygen atoms in total. The standard InChI is InChI=1S/C14H21FN2O2S/c1-14(2)9-4-3-8-12(14)17-20(18,19)11-7-5-6-10(15)13(11)16/h5-7,12,17H,3-4,8-9,16H2,1-2H3. The van der Waals surface area contributed by atoms with Gasteiger partial charge in [-0.15, -0.1) is 0 Å². The normalized spacial score (nSPS) is 22.6. The highest BCUT2D eigenvalue weighted by molar-refractivity contribution is 7.89. The first kappa shape index (κ1) is 15.3. The molecule has 6 heteroatoms. The predicted molar refractivity (Wildman–Crippen MR) is 77.2 cm³/mol. The van der Waals surface area contributed by atoms with Crippen LogP contribution < -0.4 is 10.5 Å². The largest absolute Gasteiger partial charge is 0.395 e. The van der Waals surface area contributed by atoms with Gasteiger partial charge in [-0.05, 0) is 30.4 Å². The summed E-state index contributed by atoms with van der Waals surface area (Å²) in [7, 11) is -3.80. The Morgan fingerprint density at radius 3 is 2.70 bits per heavy atom. The van der Waals surface area contributed by atoms with Crippen LogP contribution in [-0.4, -0.2) is 14.5 Å². The van der Waals surface area contributed by atoms with Gasteiger partial charge in [-0.1, -0.05) is 32.8 Å². The summed E-state index contributed by atoms with van der Waals surface area (Å²) in [6, 6.07) is 3.69. The summed E-state index contributed by atoms with van der Waals surface area (Å²) in [6.45, 7) is 4.10. The molecule has 0 spiro atoms. The number of nitrogens with one attached hydrogen (secondary N) is 1. The second-order valence-corrected chi connectivity index (χ2v) is 7.74. The number of rotatable bonds is 3. The van der Waals surface area contributed by atoms with Crippen molar-refractivity contribution in [1.29, 1.82) is 0 Å². The van der Waals surface area contributed by atoms with Crippen LogP contribution in [0.5, 0.6) is 0 Å². The molecule has 0 aliphatic heterocycles. The van der Waals surface area contributed by atoms with E-state index < -0.39 is 15.8 Å². The van der Waals surface area contributed by atoms with E-state index in [1.807, 2.05) is 13.8 Å². The highest BCUT2D eigenvalue weighted by Crippen LogP contribution is 2.36. The maximum absolute atomic E-state index is 13.4. The Morgan fingerprint density at radius 2 is 2.05 bits per heavy atom. The van der Waals surface area contributed by atoms with Gasteiger partial charge in [0.2, 0.25) is 10.0 Å². The topological polar surface area (TPSA) is 72.2 Å². The zero-order chi connectivity index (χ0) is 15.0. The summed E-state index contributed by atoms with van der Waals surface area (Å²) in [5.41, 5.74) is 5.12. The summed E-state index contributed by atoms with van der Waals surface area (Å²) in [6.07, 6.45) is 3.86. The van der Waals surface area contributed by atoms with Crippen molar-refractivity contribution in [3.63, 3.8) is 0 Å². The molecule has 0 bridgehead atoms. The molecule has 0 amide bonds. The SMILES string of the molecule is CC1(C)CCCCC1NS(=O)(=O)c1cccc(F)c1N. The van der Waals surface area contributed by atoms with Gasteiger partial charge >= 0.3 is 0 Å². The van der Waals surface area contributed by atoms with Crippen molar-refractivity contribution in [1.82, 2.24) is 4.72 Å². The lowest BCUT2D eigenvalue weighted by Crippen LogP contribution is -2.46. The molecule has 1 aliphatic carbocycles. The van der Waals surface area contributed by atoms with E-state index in [1.165, 1.54) is 12.1 Å². The number of nitrogens with two attached hydrogens (primary N) is 1. The first-order valence-electron chi connectivity index (χ1n) is 6.80. The summed E-state index contributed by atoms with van der Waals surface area (Å²) in [5, 5.41) is 0. The molecule has 1 aliphatic rings. The van der Waals surface area contributed by atoms with Crippen LogP contribution in [0.25, 0.3) is 0 Å². The Kier molecular flexibility index (Phi) is 4.07. The van der Waals surface area contributed by atoms with Crippen molar-refractivity contribution in [3.8, 4) is 0 Å². The van der Waals surface area contributed by atoms with Gasteiger partial charge < -0.3 is 5.73 Å². The number of benzene rings is 1. The van der Waals surface area contributed by atoms with Gasteiger partial charge in [-0.2, -0.15) is 0 Å². The van der Waals surface area contributed by atoms with E-state index in [0.717, 1.165) is 31.7 Å². The van der Waals surface area contributed by atoms with Crippen LogP contribution in [0.2, 0.25) is 0 Å². The Hall–Kier alpha value is -1.14. The lowest BCUT2D eigenvalue weighted by Gasteiger charge is -2.38. The maximum atomic E-state index is 13.4. The minimum absolute atomic E-state index is 0.104.